The molecule has 0 amide bonds. The largest absolute Gasteiger partial charge is 0.497 e. The fourth-order valence-corrected chi connectivity index (χ4v) is 2.57. The Hall–Kier alpha value is -1.43. The number of ether oxygens (including phenoxy) is 1. The number of carboxylic acids is 1. The molecule has 0 saturated carbocycles. The molecule has 1 aromatic heterocycles. The first-order valence-electron chi connectivity index (χ1n) is 5.53. The third-order valence-corrected chi connectivity index (χ3v) is 4.06. The second-order valence-corrected chi connectivity index (χ2v) is 5.93. The van der Waals surface area contributed by atoms with Gasteiger partial charge in [0.15, 0.2) is 0 Å². The van der Waals surface area contributed by atoms with E-state index in [1.165, 1.54) is 0 Å². The van der Waals surface area contributed by atoms with Crippen molar-refractivity contribution in [3.63, 3.8) is 0 Å². The number of hydrogen-bond acceptors (Lipinski definition) is 4. The van der Waals surface area contributed by atoms with Crippen LogP contribution in [0.4, 0.5) is 0 Å². The van der Waals surface area contributed by atoms with Crippen molar-refractivity contribution < 1.29 is 18.8 Å². The van der Waals surface area contributed by atoms with Crippen LogP contribution in [-0.2, 0) is 21.3 Å². The minimum absolute atomic E-state index is 0.102. The fourth-order valence-electron chi connectivity index (χ4n) is 1.52. The van der Waals surface area contributed by atoms with E-state index < -0.39 is 22.0 Å². The van der Waals surface area contributed by atoms with Gasteiger partial charge in [-0.15, -0.1) is 0 Å². The summed E-state index contributed by atoms with van der Waals surface area (Å²) in [4.78, 5) is 14.8. The topological polar surface area (TPSA) is 76.5 Å². The maximum Gasteiger partial charge on any atom is 0.304 e. The van der Waals surface area contributed by atoms with Gasteiger partial charge in [0.1, 0.15) is 5.75 Å². The van der Waals surface area contributed by atoms with Crippen LogP contribution >= 0.6 is 0 Å². The van der Waals surface area contributed by atoms with Crippen molar-refractivity contribution in [2.75, 3.05) is 7.11 Å². The zero-order valence-electron chi connectivity index (χ0n) is 10.7. The average Bonchev–Trinajstić information content (AvgIpc) is 2.27. The molecule has 0 radical (unpaired) electrons. The van der Waals surface area contributed by atoms with Gasteiger partial charge in [-0.3, -0.25) is 14.0 Å². The maximum atomic E-state index is 11.9. The molecule has 0 aliphatic rings. The molecule has 1 aromatic rings. The summed E-state index contributed by atoms with van der Waals surface area (Å²) in [6, 6.07) is 3.51. The number of hydrogen-bond donors (Lipinski definition) is 1. The molecular formula is C12H17NO4S. The predicted molar refractivity (Wildman–Crippen MR) is 69.1 cm³/mol. The lowest BCUT2D eigenvalue weighted by Crippen LogP contribution is -2.17. The van der Waals surface area contributed by atoms with Gasteiger partial charge in [0.2, 0.25) is 0 Å². The Kier molecular flexibility index (Phi) is 5.27. The Bertz CT molecular complexity index is 461. The molecule has 18 heavy (non-hydrogen) atoms. The van der Waals surface area contributed by atoms with Crippen LogP contribution in [0.25, 0.3) is 0 Å². The number of nitrogens with zero attached hydrogens (tertiary/aromatic N) is 1. The number of aromatic nitrogens is 1. The van der Waals surface area contributed by atoms with Crippen LogP contribution in [-0.4, -0.2) is 32.6 Å². The quantitative estimate of drug-likeness (QED) is 0.848. The summed E-state index contributed by atoms with van der Waals surface area (Å²) in [5, 5.41) is 8.26. The zero-order chi connectivity index (χ0) is 13.7. The van der Waals surface area contributed by atoms with E-state index in [0.29, 0.717) is 11.4 Å². The molecule has 1 N–H and O–H groups in total. The monoisotopic (exact) mass is 271 g/mol. The molecule has 2 unspecified atom stereocenters. The summed E-state index contributed by atoms with van der Waals surface area (Å²) in [5.74, 6) is -0.0297. The molecule has 0 aromatic carbocycles. The highest BCUT2D eigenvalue weighted by Crippen LogP contribution is 2.16. The molecule has 0 aliphatic carbocycles. The molecule has 0 bridgehead atoms. The van der Waals surface area contributed by atoms with E-state index in [-0.39, 0.29) is 12.2 Å². The minimum atomic E-state index is -1.25. The maximum absolute atomic E-state index is 11.9. The Morgan fingerprint density at radius 2 is 2.22 bits per heavy atom. The Morgan fingerprint density at radius 1 is 1.56 bits per heavy atom. The summed E-state index contributed by atoms with van der Waals surface area (Å²) >= 11 is 0. The lowest BCUT2D eigenvalue weighted by Gasteiger charge is -2.10. The zero-order valence-corrected chi connectivity index (χ0v) is 11.5. The normalized spacial score (nSPS) is 13.9. The van der Waals surface area contributed by atoms with Gasteiger partial charge in [0, 0.05) is 33.9 Å². The van der Waals surface area contributed by atoms with E-state index in [2.05, 4.69) is 4.98 Å². The summed E-state index contributed by atoms with van der Waals surface area (Å²) in [7, 11) is 0.304. The van der Waals surface area contributed by atoms with Crippen molar-refractivity contribution in [1.82, 2.24) is 4.98 Å². The highest BCUT2D eigenvalue weighted by molar-refractivity contribution is 7.84. The molecule has 1 heterocycles. The first-order valence-corrected chi connectivity index (χ1v) is 6.91. The van der Waals surface area contributed by atoms with Crippen LogP contribution in [0.3, 0.4) is 0 Å². The lowest BCUT2D eigenvalue weighted by atomic mass is 10.3. The van der Waals surface area contributed by atoms with Crippen LogP contribution in [0.5, 0.6) is 5.75 Å². The van der Waals surface area contributed by atoms with Crippen LogP contribution in [0.2, 0.25) is 0 Å². The van der Waals surface area contributed by atoms with E-state index >= 15 is 0 Å². The van der Waals surface area contributed by atoms with Crippen LogP contribution in [0.15, 0.2) is 12.1 Å². The third kappa shape index (κ3) is 4.44. The highest BCUT2D eigenvalue weighted by Gasteiger charge is 2.16. The molecule has 100 valence electrons. The minimum Gasteiger partial charge on any atom is -0.497 e. The number of carboxylic acid groups (broad SMARTS) is 1. The van der Waals surface area contributed by atoms with E-state index in [4.69, 9.17) is 9.84 Å². The second-order valence-electron chi connectivity index (χ2n) is 4.07. The van der Waals surface area contributed by atoms with Crippen molar-refractivity contribution in [1.29, 1.82) is 0 Å². The number of methoxy groups -OCH3 is 1. The van der Waals surface area contributed by atoms with E-state index in [9.17, 15) is 9.00 Å². The predicted octanol–water partition coefficient (Wildman–Crippen LogP) is 1.51. The molecule has 0 fully saturated rings. The summed E-state index contributed by atoms with van der Waals surface area (Å²) < 4.78 is 17.0. The van der Waals surface area contributed by atoms with Gasteiger partial charge < -0.3 is 9.84 Å². The summed E-state index contributed by atoms with van der Waals surface area (Å²) in [6.45, 7) is 3.49. The molecule has 0 spiro atoms. The molecule has 1 rings (SSSR count). The van der Waals surface area contributed by atoms with Crippen LogP contribution < -0.4 is 4.74 Å². The van der Waals surface area contributed by atoms with E-state index in [0.717, 1.165) is 5.69 Å². The number of carbonyl (C=O) groups is 1. The van der Waals surface area contributed by atoms with Crippen molar-refractivity contribution in [2.24, 2.45) is 0 Å². The van der Waals surface area contributed by atoms with E-state index in [1.54, 1.807) is 26.2 Å². The fraction of sp³-hybridized carbons (Fsp3) is 0.500. The summed E-state index contributed by atoms with van der Waals surface area (Å²) in [6.07, 6.45) is -0.102. The van der Waals surface area contributed by atoms with E-state index in [1.807, 2.05) is 6.92 Å². The van der Waals surface area contributed by atoms with Crippen LogP contribution in [0.1, 0.15) is 24.7 Å². The van der Waals surface area contributed by atoms with Crippen molar-refractivity contribution in [3.8, 4) is 5.75 Å². The Balaban J connectivity index is 2.75. The SMILES string of the molecule is COc1cc(C)nc(CS(=O)C(C)CC(=O)O)c1. The van der Waals surface area contributed by atoms with Gasteiger partial charge in [0.05, 0.1) is 25.0 Å². The molecular weight excluding hydrogens is 254 g/mol. The third-order valence-electron chi connectivity index (χ3n) is 2.42. The number of rotatable bonds is 6. The van der Waals surface area contributed by atoms with Gasteiger partial charge in [-0.2, -0.15) is 0 Å². The Labute approximate surface area is 109 Å². The second kappa shape index (κ2) is 6.49. The number of aliphatic carboxylic acids is 1. The highest BCUT2D eigenvalue weighted by atomic mass is 32.2. The van der Waals surface area contributed by atoms with Gasteiger partial charge in [-0.05, 0) is 6.92 Å². The molecule has 6 heteroatoms. The van der Waals surface area contributed by atoms with Gasteiger partial charge in [-0.1, -0.05) is 6.92 Å². The molecule has 0 saturated heterocycles. The first kappa shape index (κ1) is 14.6. The van der Waals surface area contributed by atoms with Gasteiger partial charge >= 0.3 is 5.97 Å². The standard InChI is InChI=1S/C12H17NO4S/c1-8-4-11(17-3)6-10(13-8)7-18(16)9(2)5-12(14)15/h4,6,9H,5,7H2,1-3H3,(H,14,15). The number of aryl methyl sites for hydroxylation is 1. The summed E-state index contributed by atoms with van der Waals surface area (Å²) in [5.41, 5.74) is 1.44. The van der Waals surface area contributed by atoms with Gasteiger partial charge in [-0.25, -0.2) is 0 Å². The number of pyridine rings is 1. The molecule has 2 atom stereocenters. The smallest absolute Gasteiger partial charge is 0.304 e. The van der Waals surface area contributed by atoms with Crippen molar-refractivity contribution in [3.05, 3.63) is 23.5 Å². The van der Waals surface area contributed by atoms with Crippen LogP contribution in [0, 0.1) is 6.92 Å². The van der Waals surface area contributed by atoms with Crippen molar-refractivity contribution in [2.45, 2.75) is 31.3 Å². The van der Waals surface area contributed by atoms with Crippen molar-refractivity contribution >= 4 is 16.8 Å². The first-order chi connectivity index (χ1) is 8.42. The molecule has 5 nitrogen and oxygen atoms in total. The lowest BCUT2D eigenvalue weighted by molar-refractivity contribution is -0.136. The Morgan fingerprint density at radius 3 is 2.78 bits per heavy atom. The van der Waals surface area contributed by atoms with Gasteiger partial charge in [0.25, 0.3) is 0 Å². The average molecular weight is 271 g/mol. The molecule has 0 aliphatic heterocycles.